The smallest absolute Gasteiger partial charge is 0.239 e. The van der Waals surface area contributed by atoms with Crippen LogP contribution in [-0.2, 0) is 4.74 Å². The minimum Gasteiger partial charge on any atom is -0.378 e. The molecule has 0 bridgehead atoms. The van der Waals surface area contributed by atoms with Gasteiger partial charge in [-0.05, 0) is 26.7 Å². The second kappa shape index (κ2) is 5.29. The van der Waals surface area contributed by atoms with Crippen LogP contribution in [0, 0.1) is 6.92 Å². The summed E-state index contributed by atoms with van der Waals surface area (Å²) in [5, 5.41) is 3.36. The van der Waals surface area contributed by atoms with Crippen LogP contribution in [0.25, 0.3) is 0 Å². The Morgan fingerprint density at radius 3 is 2.88 bits per heavy atom. The van der Waals surface area contributed by atoms with Crippen LogP contribution in [0.5, 0.6) is 0 Å². The van der Waals surface area contributed by atoms with Crippen molar-refractivity contribution in [3.05, 3.63) is 11.8 Å². The Bertz CT molecular complexity index is 378. The van der Waals surface area contributed by atoms with Crippen LogP contribution in [0.15, 0.2) is 6.07 Å². The Labute approximate surface area is 101 Å². The Hall–Kier alpha value is -1.40. The third kappa shape index (κ3) is 3.04. The first-order valence-electron chi connectivity index (χ1n) is 5.91. The fourth-order valence-electron chi connectivity index (χ4n) is 1.97. The average Bonchev–Trinajstić information content (AvgIpc) is 2.25. The van der Waals surface area contributed by atoms with Gasteiger partial charge in [0.2, 0.25) is 5.95 Å². The first-order chi connectivity index (χ1) is 8.21. The van der Waals surface area contributed by atoms with Crippen molar-refractivity contribution in [2.24, 2.45) is 5.84 Å². The van der Waals surface area contributed by atoms with E-state index < -0.39 is 0 Å². The maximum Gasteiger partial charge on any atom is 0.239 e. The number of aromatic nitrogens is 2. The molecule has 1 aliphatic carbocycles. The van der Waals surface area contributed by atoms with E-state index in [1.165, 1.54) is 0 Å². The monoisotopic (exact) mass is 237 g/mol. The van der Waals surface area contributed by atoms with E-state index in [1.807, 2.05) is 19.9 Å². The molecule has 4 N–H and O–H groups in total. The second-order valence-electron chi connectivity index (χ2n) is 4.25. The van der Waals surface area contributed by atoms with Crippen LogP contribution in [-0.4, -0.2) is 28.7 Å². The average molecular weight is 237 g/mol. The molecule has 6 heteroatoms. The summed E-state index contributed by atoms with van der Waals surface area (Å²) in [6.45, 7) is 4.72. The first-order valence-corrected chi connectivity index (χ1v) is 5.91. The van der Waals surface area contributed by atoms with Crippen molar-refractivity contribution in [2.75, 3.05) is 17.3 Å². The summed E-state index contributed by atoms with van der Waals surface area (Å²) in [6.07, 6.45) is 2.46. The van der Waals surface area contributed by atoms with Gasteiger partial charge in [-0.3, -0.25) is 5.43 Å². The summed E-state index contributed by atoms with van der Waals surface area (Å²) in [6, 6.07) is 2.35. The van der Waals surface area contributed by atoms with E-state index in [9.17, 15) is 0 Å². The summed E-state index contributed by atoms with van der Waals surface area (Å²) in [5.41, 5.74) is 3.34. The van der Waals surface area contributed by atoms with Gasteiger partial charge in [-0.2, -0.15) is 4.98 Å². The number of hydrogen-bond acceptors (Lipinski definition) is 6. The SMILES string of the molecule is CCOC1CC(Nc2cc(C)nc(NN)n2)C1. The zero-order chi connectivity index (χ0) is 12.3. The number of nitrogens with two attached hydrogens (primary N) is 1. The molecule has 1 fully saturated rings. The van der Waals surface area contributed by atoms with Gasteiger partial charge >= 0.3 is 0 Å². The van der Waals surface area contributed by atoms with Crippen molar-refractivity contribution >= 4 is 11.8 Å². The maximum absolute atomic E-state index is 5.51. The number of aryl methyl sites for hydroxylation is 1. The minimum absolute atomic E-state index is 0.396. The van der Waals surface area contributed by atoms with Gasteiger partial charge in [0.15, 0.2) is 0 Å². The number of ether oxygens (including phenoxy) is 1. The number of nitrogens with zero attached hydrogens (tertiary/aromatic N) is 2. The quantitative estimate of drug-likeness (QED) is 0.524. The van der Waals surface area contributed by atoms with Crippen molar-refractivity contribution in [1.29, 1.82) is 0 Å². The Kier molecular flexibility index (Phi) is 3.75. The lowest BCUT2D eigenvalue weighted by atomic mass is 9.89. The van der Waals surface area contributed by atoms with E-state index in [0.29, 0.717) is 18.1 Å². The van der Waals surface area contributed by atoms with Gasteiger partial charge in [0.1, 0.15) is 5.82 Å². The number of rotatable bonds is 5. The van der Waals surface area contributed by atoms with Crippen LogP contribution in [0.4, 0.5) is 11.8 Å². The van der Waals surface area contributed by atoms with Crippen molar-refractivity contribution in [2.45, 2.75) is 38.8 Å². The summed E-state index contributed by atoms with van der Waals surface area (Å²) >= 11 is 0. The van der Waals surface area contributed by atoms with E-state index in [1.54, 1.807) is 0 Å². The van der Waals surface area contributed by atoms with E-state index >= 15 is 0 Å². The Morgan fingerprint density at radius 1 is 1.47 bits per heavy atom. The molecule has 0 aromatic carbocycles. The normalized spacial score (nSPS) is 23.0. The molecule has 1 aromatic rings. The Balaban J connectivity index is 1.89. The lowest BCUT2D eigenvalue weighted by Gasteiger charge is -2.35. The maximum atomic E-state index is 5.51. The molecule has 0 saturated heterocycles. The lowest BCUT2D eigenvalue weighted by Crippen LogP contribution is -2.41. The predicted molar refractivity (Wildman–Crippen MR) is 66.6 cm³/mol. The molecule has 1 aromatic heterocycles. The zero-order valence-electron chi connectivity index (χ0n) is 10.2. The summed E-state index contributed by atoms with van der Waals surface area (Å²) in [5.74, 6) is 6.55. The molecule has 0 spiro atoms. The van der Waals surface area contributed by atoms with Gasteiger partial charge in [-0.25, -0.2) is 10.8 Å². The molecule has 2 rings (SSSR count). The van der Waals surface area contributed by atoms with Crippen LogP contribution in [0.2, 0.25) is 0 Å². The van der Waals surface area contributed by atoms with E-state index in [0.717, 1.165) is 31.0 Å². The third-order valence-electron chi connectivity index (χ3n) is 2.83. The van der Waals surface area contributed by atoms with Gasteiger partial charge in [0, 0.05) is 24.4 Å². The fourth-order valence-corrected chi connectivity index (χ4v) is 1.97. The van der Waals surface area contributed by atoms with Gasteiger partial charge in [0.05, 0.1) is 6.10 Å². The van der Waals surface area contributed by atoms with Crippen LogP contribution < -0.4 is 16.6 Å². The van der Waals surface area contributed by atoms with Gasteiger partial charge < -0.3 is 10.1 Å². The molecule has 1 saturated carbocycles. The van der Waals surface area contributed by atoms with Crippen molar-refractivity contribution in [1.82, 2.24) is 9.97 Å². The molecule has 94 valence electrons. The molecule has 0 aliphatic heterocycles. The highest BCUT2D eigenvalue weighted by Gasteiger charge is 2.29. The molecule has 1 aliphatic rings. The van der Waals surface area contributed by atoms with Crippen molar-refractivity contribution in [3.8, 4) is 0 Å². The molecule has 0 atom stereocenters. The van der Waals surface area contributed by atoms with E-state index in [-0.39, 0.29) is 0 Å². The summed E-state index contributed by atoms with van der Waals surface area (Å²) < 4.78 is 5.51. The highest BCUT2D eigenvalue weighted by atomic mass is 16.5. The fraction of sp³-hybridized carbons (Fsp3) is 0.636. The van der Waals surface area contributed by atoms with Crippen LogP contribution in [0.1, 0.15) is 25.5 Å². The van der Waals surface area contributed by atoms with Crippen LogP contribution in [0.3, 0.4) is 0 Å². The van der Waals surface area contributed by atoms with E-state index in [4.69, 9.17) is 10.6 Å². The zero-order valence-corrected chi connectivity index (χ0v) is 10.2. The number of nitrogens with one attached hydrogen (secondary N) is 2. The Morgan fingerprint density at radius 2 is 2.24 bits per heavy atom. The minimum atomic E-state index is 0.396. The topological polar surface area (TPSA) is 85.1 Å². The van der Waals surface area contributed by atoms with Crippen LogP contribution >= 0.6 is 0 Å². The van der Waals surface area contributed by atoms with Crippen molar-refractivity contribution < 1.29 is 4.74 Å². The van der Waals surface area contributed by atoms with E-state index in [2.05, 4.69) is 20.7 Å². The number of hydrazine groups is 1. The summed E-state index contributed by atoms with van der Waals surface area (Å²) in [4.78, 5) is 8.38. The third-order valence-corrected chi connectivity index (χ3v) is 2.83. The van der Waals surface area contributed by atoms with Gasteiger partial charge in [0.25, 0.3) is 0 Å². The predicted octanol–water partition coefficient (Wildman–Crippen LogP) is 1.05. The largest absolute Gasteiger partial charge is 0.378 e. The molecule has 6 nitrogen and oxygen atoms in total. The highest BCUT2D eigenvalue weighted by molar-refractivity contribution is 5.42. The number of nitrogen functional groups attached to an aromatic ring is 1. The second-order valence-corrected chi connectivity index (χ2v) is 4.25. The highest BCUT2D eigenvalue weighted by Crippen LogP contribution is 2.26. The molecule has 1 heterocycles. The van der Waals surface area contributed by atoms with Gasteiger partial charge in [-0.1, -0.05) is 0 Å². The molecular formula is C11H19N5O. The molecule has 0 unspecified atom stereocenters. The number of hydrogen-bond donors (Lipinski definition) is 3. The molecule has 17 heavy (non-hydrogen) atoms. The molecule has 0 radical (unpaired) electrons. The van der Waals surface area contributed by atoms with Gasteiger partial charge in [-0.15, -0.1) is 0 Å². The van der Waals surface area contributed by atoms with Crippen molar-refractivity contribution in [3.63, 3.8) is 0 Å². The first kappa shape index (κ1) is 12.1. The molecular weight excluding hydrogens is 218 g/mol. The lowest BCUT2D eigenvalue weighted by molar-refractivity contribution is 0.00293. The number of anilines is 2. The molecule has 0 amide bonds. The standard InChI is InChI=1S/C11H19N5O/c1-3-17-9-5-8(6-9)14-10-4-7(2)13-11(15-10)16-12/h4,8-9H,3,5-6,12H2,1-2H3,(H2,13,14,15,16). The summed E-state index contributed by atoms with van der Waals surface area (Å²) in [7, 11) is 0.